The maximum absolute atomic E-state index is 13.5. The molecule has 0 fully saturated rings. The van der Waals surface area contributed by atoms with Gasteiger partial charge in [-0.2, -0.15) is 18.3 Å². The third-order valence-corrected chi connectivity index (χ3v) is 8.30. The first-order valence-corrected chi connectivity index (χ1v) is 15.5. The average molecular weight is 737 g/mol. The van der Waals surface area contributed by atoms with Crippen LogP contribution in [0.2, 0.25) is 10.0 Å². The molecule has 0 unspecified atom stereocenters. The minimum atomic E-state index is -5.08. The number of carbonyl (C=O) groups is 4. The minimum absolute atomic E-state index is 0.104. The molecule has 2 bridgehead atoms. The molecule has 6 N–H and O–H groups in total. The molecule has 4 aromatic rings. The van der Waals surface area contributed by atoms with Crippen LogP contribution in [0.5, 0.6) is 0 Å². The Balaban J connectivity index is 0.000000727. The summed E-state index contributed by atoms with van der Waals surface area (Å²) in [6.45, 7) is 1.85. The highest BCUT2D eigenvalue weighted by Gasteiger charge is 2.38. The van der Waals surface area contributed by atoms with E-state index in [4.69, 9.17) is 43.6 Å². The van der Waals surface area contributed by atoms with E-state index >= 15 is 0 Å². The number of carbonyl (C=O) groups excluding carboxylic acids is 3. The van der Waals surface area contributed by atoms with Crippen molar-refractivity contribution in [2.75, 3.05) is 23.5 Å². The number of pyridine rings is 1. The Morgan fingerprint density at radius 1 is 1.12 bits per heavy atom. The monoisotopic (exact) mass is 735 g/mol. The van der Waals surface area contributed by atoms with Crippen molar-refractivity contribution in [1.82, 2.24) is 20.1 Å². The van der Waals surface area contributed by atoms with E-state index in [0.717, 1.165) is 5.56 Å². The van der Waals surface area contributed by atoms with E-state index in [1.807, 2.05) is 19.1 Å². The number of anilines is 3. The van der Waals surface area contributed by atoms with E-state index in [0.29, 0.717) is 52.6 Å². The zero-order valence-corrected chi connectivity index (χ0v) is 27.9. The average Bonchev–Trinajstić information content (AvgIpc) is 3.45. The summed E-state index contributed by atoms with van der Waals surface area (Å²) >= 11 is 12.5. The number of hydrogen-bond donors (Lipinski definition) is 5. The second-order valence-corrected chi connectivity index (χ2v) is 11.7. The third-order valence-electron chi connectivity index (χ3n) is 7.49. The number of nitrogens with two attached hydrogens (primary N) is 1. The van der Waals surface area contributed by atoms with Gasteiger partial charge in [0.15, 0.2) is 0 Å². The van der Waals surface area contributed by atoms with E-state index in [2.05, 4.69) is 26.0 Å². The standard InChI is InChI=1S/C30H29Cl2N7O4.C2HF3O2/c1-16-5-3-7-22(37-29(41)20-15-35-39(27(20)33)25-8-4-6-21(31)26(25)32)24-13-17(11-12-34-24)19-10-9-18(36-30(42)43-2)14-23(19)38-28(16)40;3-2(4,5)1(6)7/h4,6,8-16,22H,3,5,7,33H2,1-2H3,(H,36,42)(H,37,41)(H,38,40);(H,6,7)/t16-,22+;/m1./s1. The van der Waals surface area contributed by atoms with Gasteiger partial charge in [-0.05, 0) is 54.8 Å². The Bertz CT molecular complexity index is 1920. The van der Waals surface area contributed by atoms with Gasteiger partial charge < -0.3 is 26.2 Å². The predicted octanol–water partition coefficient (Wildman–Crippen LogP) is 6.86. The molecule has 50 heavy (non-hydrogen) atoms. The number of alkyl halides is 3. The summed E-state index contributed by atoms with van der Waals surface area (Å²) in [5, 5.41) is 20.7. The number of nitrogen functional groups attached to an aromatic ring is 1. The van der Waals surface area contributed by atoms with Gasteiger partial charge in [-0.15, -0.1) is 0 Å². The summed E-state index contributed by atoms with van der Waals surface area (Å²) in [6, 6.07) is 13.4. The Morgan fingerprint density at radius 2 is 1.84 bits per heavy atom. The molecule has 3 amide bonds. The van der Waals surface area contributed by atoms with Crippen LogP contribution in [0.3, 0.4) is 0 Å². The Hall–Kier alpha value is -5.35. The summed E-state index contributed by atoms with van der Waals surface area (Å²) in [5.41, 5.74) is 10.1. The number of aromatic nitrogens is 3. The summed E-state index contributed by atoms with van der Waals surface area (Å²) < 4.78 is 37.8. The van der Waals surface area contributed by atoms with Crippen LogP contribution in [0.15, 0.2) is 60.9 Å². The summed E-state index contributed by atoms with van der Waals surface area (Å²) in [6.07, 6.45) is -0.945. The maximum Gasteiger partial charge on any atom is 0.490 e. The van der Waals surface area contributed by atoms with Gasteiger partial charge in [-0.3, -0.25) is 19.9 Å². The zero-order valence-electron chi connectivity index (χ0n) is 26.3. The lowest BCUT2D eigenvalue weighted by molar-refractivity contribution is -0.192. The molecule has 0 radical (unpaired) electrons. The molecule has 18 heteroatoms. The fourth-order valence-corrected chi connectivity index (χ4v) is 5.25. The normalized spacial score (nSPS) is 15.9. The Kier molecular flexibility index (Phi) is 11.9. The number of amides is 3. The van der Waals surface area contributed by atoms with Gasteiger partial charge in [0, 0.05) is 23.4 Å². The number of benzene rings is 2. The number of carboxylic acid groups (broad SMARTS) is 1. The SMILES string of the molecule is COC(=O)Nc1ccc2c(c1)NC(=O)[C@H](C)CCC[C@H](NC(=O)c1cnn(-c3cccc(Cl)c3Cl)c1N)c1cc-2ccn1.O=C(O)C(F)(F)F. The Morgan fingerprint density at radius 3 is 2.52 bits per heavy atom. The third kappa shape index (κ3) is 9.00. The molecule has 264 valence electrons. The van der Waals surface area contributed by atoms with Gasteiger partial charge in [-0.1, -0.05) is 48.7 Å². The molecule has 3 heterocycles. The van der Waals surface area contributed by atoms with E-state index in [1.54, 1.807) is 42.6 Å². The van der Waals surface area contributed by atoms with Gasteiger partial charge >= 0.3 is 18.2 Å². The van der Waals surface area contributed by atoms with Gasteiger partial charge in [0.1, 0.15) is 11.4 Å². The second kappa shape index (κ2) is 15.9. The number of nitrogens with one attached hydrogen (secondary N) is 3. The number of rotatable bonds is 4. The van der Waals surface area contributed by atoms with Crippen molar-refractivity contribution < 1.29 is 42.2 Å². The quantitative estimate of drug-likeness (QED) is 0.149. The first-order valence-electron chi connectivity index (χ1n) is 14.8. The fourth-order valence-electron chi connectivity index (χ4n) is 4.88. The molecule has 0 saturated heterocycles. The summed E-state index contributed by atoms with van der Waals surface area (Å²) in [7, 11) is 1.27. The summed E-state index contributed by atoms with van der Waals surface area (Å²) in [4.78, 5) is 51.9. The second-order valence-electron chi connectivity index (χ2n) is 10.9. The van der Waals surface area contributed by atoms with Crippen LogP contribution in [0, 0.1) is 5.92 Å². The van der Waals surface area contributed by atoms with Crippen LogP contribution in [0.1, 0.15) is 48.3 Å². The molecule has 13 nitrogen and oxygen atoms in total. The van der Waals surface area contributed by atoms with Crippen LogP contribution >= 0.6 is 23.2 Å². The summed E-state index contributed by atoms with van der Waals surface area (Å²) in [5.74, 6) is -3.56. The van der Waals surface area contributed by atoms with E-state index < -0.39 is 30.2 Å². The largest absolute Gasteiger partial charge is 0.490 e. The molecular formula is C32H30Cl2F3N7O6. The van der Waals surface area contributed by atoms with Crippen molar-refractivity contribution in [1.29, 1.82) is 0 Å². The zero-order chi connectivity index (χ0) is 36.7. The highest BCUT2D eigenvalue weighted by atomic mass is 35.5. The predicted molar refractivity (Wildman–Crippen MR) is 179 cm³/mol. The number of methoxy groups -OCH3 is 1. The van der Waals surface area contributed by atoms with Crippen molar-refractivity contribution >= 4 is 64.3 Å². The smallest absolute Gasteiger partial charge is 0.475 e. The molecule has 1 aliphatic rings. The number of aliphatic carboxylic acids is 1. The minimum Gasteiger partial charge on any atom is -0.475 e. The van der Waals surface area contributed by atoms with E-state index in [-0.39, 0.29) is 28.2 Å². The molecule has 0 spiro atoms. The lowest BCUT2D eigenvalue weighted by Gasteiger charge is -2.22. The molecule has 2 atom stereocenters. The molecular weight excluding hydrogens is 706 g/mol. The van der Waals surface area contributed by atoms with Gasteiger partial charge in [-0.25, -0.2) is 14.3 Å². The number of ether oxygens (including phenoxy) is 1. The molecule has 5 rings (SSSR count). The topological polar surface area (TPSA) is 191 Å². The van der Waals surface area contributed by atoms with Crippen LogP contribution < -0.4 is 21.7 Å². The van der Waals surface area contributed by atoms with Crippen LogP contribution in [-0.4, -0.2) is 57.0 Å². The lowest BCUT2D eigenvalue weighted by Crippen LogP contribution is -2.30. The van der Waals surface area contributed by atoms with Crippen LogP contribution in [0.4, 0.5) is 35.2 Å². The molecule has 0 aliphatic carbocycles. The maximum atomic E-state index is 13.5. The number of hydrogen-bond acceptors (Lipinski definition) is 8. The van der Waals surface area contributed by atoms with Crippen molar-refractivity contribution in [3.8, 4) is 16.8 Å². The van der Waals surface area contributed by atoms with Crippen molar-refractivity contribution in [3.63, 3.8) is 0 Å². The number of fused-ring (bicyclic) bond motifs is 4. The van der Waals surface area contributed by atoms with Crippen LogP contribution in [-0.2, 0) is 14.3 Å². The van der Waals surface area contributed by atoms with Gasteiger partial charge in [0.25, 0.3) is 5.91 Å². The van der Waals surface area contributed by atoms with Gasteiger partial charge in [0.2, 0.25) is 5.91 Å². The van der Waals surface area contributed by atoms with E-state index in [9.17, 15) is 27.6 Å². The van der Waals surface area contributed by atoms with Crippen molar-refractivity contribution in [3.05, 3.63) is 82.2 Å². The molecule has 1 aliphatic heterocycles. The first kappa shape index (κ1) is 37.5. The Labute approximate surface area is 292 Å². The molecule has 2 aromatic carbocycles. The van der Waals surface area contributed by atoms with Crippen molar-refractivity contribution in [2.24, 2.45) is 5.92 Å². The molecule has 0 saturated carbocycles. The first-order chi connectivity index (χ1) is 23.6. The number of carboxylic acids is 1. The fraction of sp³-hybridized carbons (Fsp3) is 0.250. The van der Waals surface area contributed by atoms with Gasteiger partial charge in [0.05, 0.1) is 46.5 Å². The number of nitrogens with zero attached hydrogens (tertiary/aromatic N) is 3. The van der Waals surface area contributed by atoms with E-state index in [1.165, 1.54) is 18.0 Å². The highest BCUT2D eigenvalue weighted by Crippen LogP contribution is 2.35. The molecule has 2 aromatic heterocycles. The number of halogens is 5. The van der Waals surface area contributed by atoms with Crippen molar-refractivity contribution in [2.45, 2.75) is 38.4 Å². The van der Waals surface area contributed by atoms with Crippen LogP contribution in [0.25, 0.3) is 16.8 Å². The lowest BCUT2D eigenvalue weighted by atomic mass is 9.95. The highest BCUT2D eigenvalue weighted by molar-refractivity contribution is 6.43.